The minimum absolute atomic E-state index is 0.0407. The highest BCUT2D eigenvalue weighted by atomic mass is 32.2. The fourth-order valence-electron chi connectivity index (χ4n) is 4.74. The van der Waals surface area contributed by atoms with Gasteiger partial charge in [0.2, 0.25) is 15.9 Å². The Hall–Kier alpha value is -1.40. The second-order valence-corrected chi connectivity index (χ2v) is 9.97. The fraction of sp³-hybridized carbons (Fsp3) is 0.632. The quantitative estimate of drug-likeness (QED) is 0.812. The van der Waals surface area contributed by atoms with E-state index in [4.69, 9.17) is 0 Å². The van der Waals surface area contributed by atoms with Crippen LogP contribution < -0.4 is 0 Å². The average molecular weight is 362 g/mol. The van der Waals surface area contributed by atoms with Crippen LogP contribution in [0.4, 0.5) is 0 Å². The number of carbonyl (C=O) groups excluding carboxylic acids is 1. The molecule has 136 valence electrons. The molecule has 1 unspecified atom stereocenters. The van der Waals surface area contributed by atoms with E-state index in [9.17, 15) is 13.2 Å². The summed E-state index contributed by atoms with van der Waals surface area (Å²) in [6.45, 7) is 5.47. The summed E-state index contributed by atoms with van der Waals surface area (Å²) in [6.07, 6.45) is 5.30. The van der Waals surface area contributed by atoms with Gasteiger partial charge in [-0.2, -0.15) is 4.31 Å². The lowest BCUT2D eigenvalue weighted by Crippen LogP contribution is -2.38. The Balaban J connectivity index is 1.63. The van der Waals surface area contributed by atoms with E-state index in [0.717, 1.165) is 36.8 Å². The first-order chi connectivity index (χ1) is 11.8. The van der Waals surface area contributed by atoms with E-state index >= 15 is 0 Å². The molecule has 25 heavy (non-hydrogen) atoms. The van der Waals surface area contributed by atoms with Crippen LogP contribution in [0.5, 0.6) is 0 Å². The van der Waals surface area contributed by atoms with Crippen molar-refractivity contribution in [2.24, 2.45) is 5.41 Å². The van der Waals surface area contributed by atoms with Gasteiger partial charge in [0.25, 0.3) is 0 Å². The highest BCUT2D eigenvalue weighted by molar-refractivity contribution is 7.89. The molecule has 0 N–H and O–H groups in total. The van der Waals surface area contributed by atoms with Crippen molar-refractivity contribution in [3.05, 3.63) is 29.3 Å². The number of hydrogen-bond acceptors (Lipinski definition) is 3. The predicted molar refractivity (Wildman–Crippen MR) is 95.5 cm³/mol. The highest BCUT2D eigenvalue weighted by Gasteiger charge is 2.50. The monoisotopic (exact) mass is 362 g/mol. The molecule has 1 aliphatic carbocycles. The first-order valence-electron chi connectivity index (χ1n) is 9.20. The highest BCUT2D eigenvalue weighted by Crippen LogP contribution is 2.51. The average Bonchev–Trinajstić information content (AvgIpc) is 2.92. The number of benzene rings is 1. The van der Waals surface area contributed by atoms with Gasteiger partial charge in [0.05, 0.1) is 4.90 Å². The zero-order valence-electron chi connectivity index (χ0n) is 15.0. The minimum Gasteiger partial charge on any atom is -0.338 e. The number of hydrogen-bond donors (Lipinski definition) is 0. The van der Waals surface area contributed by atoms with Crippen LogP contribution in [0, 0.1) is 5.41 Å². The van der Waals surface area contributed by atoms with E-state index in [1.165, 1.54) is 6.42 Å². The molecule has 1 spiro atoms. The maximum absolute atomic E-state index is 13.2. The van der Waals surface area contributed by atoms with Crippen molar-refractivity contribution in [3.8, 4) is 0 Å². The number of sulfonamides is 1. The van der Waals surface area contributed by atoms with Gasteiger partial charge in [0.1, 0.15) is 0 Å². The Morgan fingerprint density at radius 1 is 1.24 bits per heavy atom. The van der Waals surface area contributed by atoms with Crippen LogP contribution in [0.15, 0.2) is 23.1 Å². The molecular formula is C19H26N2O3S. The second kappa shape index (κ2) is 5.81. The molecule has 3 aliphatic rings. The molecule has 2 heterocycles. The topological polar surface area (TPSA) is 57.7 Å². The van der Waals surface area contributed by atoms with Crippen molar-refractivity contribution in [2.45, 2.75) is 63.4 Å². The third kappa shape index (κ3) is 2.79. The first kappa shape index (κ1) is 17.0. The summed E-state index contributed by atoms with van der Waals surface area (Å²) in [5.41, 5.74) is 2.35. The molecule has 0 aromatic heterocycles. The van der Waals surface area contributed by atoms with Crippen LogP contribution in [0.2, 0.25) is 0 Å². The van der Waals surface area contributed by atoms with Crippen LogP contribution >= 0.6 is 0 Å². The molecule has 1 saturated heterocycles. The first-order valence-corrected chi connectivity index (χ1v) is 10.6. The largest absolute Gasteiger partial charge is 0.338 e. The van der Waals surface area contributed by atoms with Gasteiger partial charge in [-0.05, 0) is 61.3 Å². The lowest BCUT2D eigenvalue weighted by molar-refractivity contribution is -0.129. The summed E-state index contributed by atoms with van der Waals surface area (Å²) in [4.78, 5) is 13.8. The zero-order chi connectivity index (χ0) is 17.8. The number of rotatable bonds is 2. The molecule has 2 fully saturated rings. The normalized spacial score (nSPS) is 25.7. The summed E-state index contributed by atoms with van der Waals surface area (Å²) in [5, 5.41) is 0. The Labute approximate surface area is 150 Å². The molecule has 1 saturated carbocycles. The molecule has 1 aromatic carbocycles. The fourth-order valence-corrected chi connectivity index (χ4v) is 6.53. The Morgan fingerprint density at radius 2 is 2.00 bits per heavy atom. The Morgan fingerprint density at radius 3 is 2.60 bits per heavy atom. The van der Waals surface area contributed by atoms with Crippen molar-refractivity contribution in [1.82, 2.24) is 9.21 Å². The third-order valence-electron chi connectivity index (χ3n) is 6.37. The summed E-state index contributed by atoms with van der Waals surface area (Å²) >= 11 is 0. The van der Waals surface area contributed by atoms with Gasteiger partial charge in [0.15, 0.2) is 0 Å². The third-order valence-corrected chi connectivity index (χ3v) is 8.32. The number of fused-ring (bicyclic) bond motifs is 1. The van der Waals surface area contributed by atoms with Crippen LogP contribution in [-0.2, 0) is 27.8 Å². The molecule has 0 radical (unpaired) electrons. The summed E-state index contributed by atoms with van der Waals surface area (Å²) in [5.74, 6) is 0.0407. The molecule has 5 nitrogen and oxygen atoms in total. The summed E-state index contributed by atoms with van der Waals surface area (Å²) in [7, 11) is -3.48. The standard InChI is InChI=1S/C19H26N2O3S/c1-14-11-19(7-3-8-19)13-21(14)25(23,24)18-5-4-16-6-9-20(15(2)22)12-17(16)10-18/h4-5,10,14H,3,6-9,11-13H2,1-2H3. The molecule has 1 atom stereocenters. The second-order valence-electron chi connectivity index (χ2n) is 8.08. The van der Waals surface area contributed by atoms with Crippen LogP contribution in [0.3, 0.4) is 0 Å². The minimum atomic E-state index is -3.48. The predicted octanol–water partition coefficient (Wildman–Crippen LogP) is 2.54. The van der Waals surface area contributed by atoms with E-state index in [1.54, 1.807) is 28.3 Å². The van der Waals surface area contributed by atoms with Crippen LogP contribution in [0.25, 0.3) is 0 Å². The number of amides is 1. The number of nitrogens with zero attached hydrogens (tertiary/aromatic N) is 2. The van der Waals surface area contributed by atoms with E-state index in [1.807, 2.05) is 13.0 Å². The van der Waals surface area contributed by atoms with Crippen molar-refractivity contribution in [1.29, 1.82) is 0 Å². The SMILES string of the molecule is CC(=O)N1CCc2ccc(S(=O)(=O)N3CC4(CCC4)CC3C)cc2C1. The smallest absolute Gasteiger partial charge is 0.243 e. The molecule has 0 bridgehead atoms. The number of carbonyl (C=O) groups is 1. The molecule has 1 aromatic rings. The van der Waals surface area contributed by atoms with E-state index < -0.39 is 10.0 Å². The van der Waals surface area contributed by atoms with Gasteiger partial charge in [-0.25, -0.2) is 8.42 Å². The van der Waals surface area contributed by atoms with Crippen LogP contribution in [-0.4, -0.2) is 42.7 Å². The Bertz CT molecular complexity index is 814. The van der Waals surface area contributed by atoms with Gasteiger partial charge in [0, 0.05) is 32.6 Å². The van der Waals surface area contributed by atoms with Crippen molar-refractivity contribution in [2.75, 3.05) is 13.1 Å². The van der Waals surface area contributed by atoms with Crippen LogP contribution in [0.1, 0.15) is 50.7 Å². The summed E-state index contributed by atoms with van der Waals surface area (Å²) in [6, 6.07) is 5.53. The van der Waals surface area contributed by atoms with Crippen molar-refractivity contribution >= 4 is 15.9 Å². The van der Waals surface area contributed by atoms with E-state index in [0.29, 0.717) is 24.5 Å². The zero-order valence-corrected chi connectivity index (χ0v) is 15.8. The van der Waals surface area contributed by atoms with Gasteiger partial charge < -0.3 is 4.90 Å². The lowest BCUT2D eigenvalue weighted by Gasteiger charge is -2.38. The Kier molecular flexibility index (Phi) is 3.96. The van der Waals surface area contributed by atoms with Gasteiger partial charge >= 0.3 is 0 Å². The summed E-state index contributed by atoms with van der Waals surface area (Å²) < 4.78 is 28.1. The molecule has 6 heteroatoms. The molecule has 1 amide bonds. The molecule has 4 rings (SSSR count). The molecule has 2 aliphatic heterocycles. The molecular weight excluding hydrogens is 336 g/mol. The maximum Gasteiger partial charge on any atom is 0.243 e. The van der Waals surface area contributed by atoms with E-state index in [-0.39, 0.29) is 17.4 Å². The van der Waals surface area contributed by atoms with E-state index in [2.05, 4.69) is 0 Å². The van der Waals surface area contributed by atoms with Gasteiger partial charge in [-0.15, -0.1) is 0 Å². The van der Waals surface area contributed by atoms with Crippen molar-refractivity contribution < 1.29 is 13.2 Å². The maximum atomic E-state index is 13.2. The van der Waals surface area contributed by atoms with Gasteiger partial charge in [-0.1, -0.05) is 12.5 Å². The van der Waals surface area contributed by atoms with Crippen molar-refractivity contribution in [3.63, 3.8) is 0 Å². The lowest BCUT2D eigenvalue weighted by atomic mass is 9.68. The van der Waals surface area contributed by atoms with Gasteiger partial charge in [-0.3, -0.25) is 4.79 Å².